The monoisotopic (exact) mass is 508 g/mol. The van der Waals surface area contributed by atoms with Gasteiger partial charge in [0.2, 0.25) is 0 Å². The molecule has 0 N–H and O–H groups in total. The summed E-state index contributed by atoms with van der Waals surface area (Å²) >= 11 is 0. The Balaban J connectivity index is 1.14. The highest BCUT2D eigenvalue weighted by atomic mass is 16.6. The van der Waals surface area contributed by atoms with E-state index in [4.69, 9.17) is 9.47 Å². The fraction of sp³-hybridized carbons (Fsp3) is 0.364. The summed E-state index contributed by atoms with van der Waals surface area (Å²) in [5, 5.41) is 0. The van der Waals surface area contributed by atoms with Crippen LogP contribution in [-0.2, 0) is 4.74 Å². The number of fused-ring (bicyclic) bond motifs is 5. The average Bonchev–Trinajstić information content (AvgIpc) is 3.25. The van der Waals surface area contributed by atoms with E-state index in [1.54, 1.807) is 0 Å². The van der Waals surface area contributed by atoms with Gasteiger partial charge in [-0.2, -0.15) is 0 Å². The number of rotatable bonds is 7. The summed E-state index contributed by atoms with van der Waals surface area (Å²) in [4.78, 5) is 17.6. The topological polar surface area (TPSA) is 42.0 Å². The van der Waals surface area contributed by atoms with E-state index in [0.29, 0.717) is 13.2 Å². The molecule has 1 fully saturated rings. The lowest BCUT2D eigenvalue weighted by molar-refractivity contribution is 0.0539. The number of ether oxygens (including phenoxy) is 2. The van der Waals surface area contributed by atoms with Crippen LogP contribution in [0.3, 0.4) is 0 Å². The Kier molecular flexibility index (Phi) is 6.94. The second-order valence-corrected chi connectivity index (χ2v) is 10.9. The van der Waals surface area contributed by atoms with Crippen molar-refractivity contribution in [3.8, 4) is 16.9 Å². The van der Waals surface area contributed by atoms with Crippen molar-refractivity contribution in [2.45, 2.75) is 43.7 Å². The molecule has 3 aromatic carbocycles. The summed E-state index contributed by atoms with van der Waals surface area (Å²) in [6.07, 6.45) is 6.12. The first-order valence-corrected chi connectivity index (χ1v) is 13.8. The lowest BCUT2D eigenvalue weighted by atomic mass is 9.83. The first-order chi connectivity index (χ1) is 18.6. The molecule has 5 heteroatoms. The minimum absolute atomic E-state index is 0.0838. The van der Waals surface area contributed by atoms with Gasteiger partial charge in [0.1, 0.15) is 19.0 Å². The number of piperidine rings is 1. The standard InChI is InChI=1S/C33H36N2O3/c1-34(2)18-19-37-27-16-14-23(15-17-27)24-20-25-8-7-9-26(21-24)35(25)33(36)38-22-32-30-12-5-3-10-28(30)29-11-4-6-13-31(29)32/h3-6,10-17,20,25-26,32H,7-9,18-19,21-22H2,1-2H3. The lowest BCUT2D eigenvalue weighted by Crippen LogP contribution is -2.51. The Morgan fingerprint density at radius 1 is 0.921 bits per heavy atom. The SMILES string of the molecule is CN(C)CCOc1ccc(C2=CC3CCCC(C2)N3C(=O)OCC2c3ccccc3-c3ccccc32)cc1. The summed E-state index contributed by atoms with van der Waals surface area (Å²) in [5.41, 5.74) is 7.53. The van der Waals surface area contributed by atoms with E-state index in [0.717, 1.165) is 38.0 Å². The number of amides is 1. The van der Waals surface area contributed by atoms with Gasteiger partial charge in [0.05, 0.1) is 6.04 Å². The predicted molar refractivity (Wildman–Crippen MR) is 151 cm³/mol. The molecule has 2 heterocycles. The molecule has 0 aromatic heterocycles. The molecule has 38 heavy (non-hydrogen) atoms. The largest absolute Gasteiger partial charge is 0.492 e. The summed E-state index contributed by atoms with van der Waals surface area (Å²) in [7, 11) is 4.09. The summed E-state index contributed by atoms with van der Waals surface area (Å²) in [5.74, 6) is 0.980. The van der Waals surface area contributed by atoms with E-state index in [9.17, 15) is 4.79 Å². The first-order valence-electron chi connectivity index (χ1n) is 13.8. The van der Waals surface area contributed by atoms with Crippen molar-refractivity contribution in [2.24, 2.45) is 0 Å². The highest BCUT2D eigenvalue weighted by molar-refractivity contribution is 5.79. The van der Waals surface area contributed by atoms with Gasteiger partial charge in [0.15, 0.2) is 0 Å². The molecule has 3 aromatic rings. The molecular formula is C33H36N2O3. The molecule has 1 amide bonds. The number of hydrogen-bond acceptors (Lipinski definition) is 4. The third kappa shape index (κ3) is 4.83. The average molecular weight is 509 g/mol. The van der Waals surface area contributed by atoms with Gasteiger partial charge in [-0.25, -0.2) is 4.79 Å². The van der Waals surface area contributed by atoms with Crippen LogP contribution >= 0.6 is 0 Å². The minimum Gasteiger partial charge on any atom is -0.492 e. The third-order valence-corrected chi connectivity index (χ3v) is 8.22. The number of likely N-dealkylation sites (N-methyl/N-ethyl adjacent to an activating group) is 1. The van der Waals surface area contributed by atoms with Crippen molar-refractivity contribution < 1.29 is 14.3 Å². The van der Waals surface area contributed by atoms with E-state index < -0.39 is 0 Å². The van der Waals surface area contributed by atoms with Crippen LogP contribution < -0.4 is 4.74 Å². The summed E-state index contributed by atoms with van der Waals surface area (Å²) in [6.45, 7) is 1.94. The molecule has 1 aliphatic carbocycles. The Labute approximate surface area is 225 Å². The molecule has 0 spiro atoms. The number of carbonyl (C=O) groups excluding carboxylic acids is 1. The van der Waals surface area contributed by atoms with Crippen LogP contribution in [0.4, 0.5) is 4.79 Å². The van der Waals surface area contributed by atoms with Crippen molar-refractivity contribution in [3.05, 3.63) is 95.6 Å². The zero-order valence-electron chi connectivity index (χ0n) is 22.3. The van der Waals surface area contributed by atoms with Gasteiger partial charge in [-0.3, -0.25) is 4.90 Å². The van der Waals surface area contributed by atoms with Crippen molar-refractivity contribution in [2.75, 3.05) is 33.9 Å². The van der Waals surface area contributed by atoms with Gasteiger partial charge in [-0.05, 0) is 85.3 Å². The zero-order valence-corrected chi connectivity index (χ0v) is 22.3. The third-order valence-electron chi connectivity index (χ3n) is 8.22. The van der Waals surface area contributed by atoms with Crippen molar-refractivity contribution in [1.82, 2.24) is 9.80 Å². The molecule has 2 unspecified atom stereocenters. The van der Waals surface area contributed by atoms with Crippen molar-refractivity contribution >= 4 is 11.7 Å². The minimum atomic E-state index is -0.179. The van der Waals surface area contributed by atoms with Crippen LogP contribution in [0.15, 0.2) is 78.9 Å². The molecule has 2 atom stereocenters. The smallest absolute Gasteiger partial charge is 0.410 e. The molecule has 1 saturated heterocycles. The van der Waals surface area contributed by atoms with Crippen LogP contribution in [0.25, 0.3) is 16.7 Å². The Bertz CT molecular complexity index is 1280. The van der Waals surface area contributed by atoms with Crippen molar-refractivity contribution in [3.63, 3.8) is 0 Å². The Hall–Kier alpha value is -3.57. The zero-order chi connectivity index (χ0) is 26.1. The number of hydrogen-bond donors (Lipinski definition) is 0. The molecule has 196 valence electrons. The predicted octanol–water partition coefficient (Wildman–Crippen LogP) is 6.59. The van der Waals surface area contributed by atoms with Crippen LogP contribution in [0, 0.1) is 0 Å². The van der Waals surface area contributed by atoms with Crippen molar-refractivity contribution in [1.29, 1.82) is 0 Å². The summed E-state index contributed by atoms with van der Waals surface area (Å²) in [6, 6.07) is 25.6. The molecule has 2 aliphatic heterocycles. The Morgan fingerprint density at radius 2 is 1.61 bits per heavy atom. The van der Waals surface area contributed by atoms with Gasteiger partial charge in [0, 0.05) is 18.5 Å². The van der Waals surface area contributed by atoms with E-state index in [1.807, 2.05) is 19.0 Å². The van der Waals surface area contributed by atoms with E-state index in [-0.39, 0.29) is 24.1 Å². The van der Waals surface area contributed by atoms with Crippen LogP contribution in [0.1, 0.15) is 48.3 Å². The van der Waals surface area contributed by atoms with E-state index in [1.165, 1.54) is 33.4 Å². The second kappa shape index (κ2) is 10.7. The fourth-order valence-corrected chi connectivity index (χ4v) is 6.31. The molecule has 3 aliphatic rings. The lowest BCUT2D eigenvalue weighted by Gasteiger charge is -2.44. The van der Waals surface area contributed by atoms with Crippen LogP contribution in [0.2, 0.25) is 0 Å². The van der Waals surface area contributed by atoms with Gasteiger partial charge >= 0.3 is 6.09 Å². The maximum Gasteiger partial charge on any atom is 0.410 e. The molecular weight excluding hydrogens is 472 g/mol. The molecule has 0 radical (unpaired) electrons. The van der Waals surface area contributed by atoms with E-state index in [2.05, 4.69) is 83.8 Å². The molecule has 5 nitrogen and oxygen atoms in total. The van der Waals surface area contributed by atoms with Gasteiger partial charge in [-0.15, -0.1) is 0 Å². The quantitative estimate of drug-likeness (QED) is 0.361. The molecule has 0 saturated carbocycles. The number of carbonyl (C=O) groups is 1. The van der Waals surface area contributed by atoms with Crippen LogP contribution in [-0.4, -0.2) is 61.8 Å². The second-order valence-electron chi connectivity index (χ2n) is 10.9. The van der Waals surface area contributed by atoms with Crippen LogP contribution in [0.5, 0.6) is 5.75 Å². The highest BCUT2D eigenvalue weighted by Gasteiger charge is 2.39. The first kappa shape index (κ1) is 24.7. The fourth-order valence-electron chi connectivity index (χ4n) is 6.31. The number of benzene rings is 3. The van der Waals surface area contributed by atoms with E-state index >= 15 is 0 Å². The maximum absolute atomic E-state index is 13.5. The Morgan fingerprint density at radius 3 is 2.26 bits per heavy atom. The number of nitrogens with zero attached hydrogens (tertiary/aromatic N) is 2. The maximum atomic E-state index is 13.5. The molecule has 2 bridgehead atoms. The van der Waals surface area contributed by atoms with Gasteiger partial charge in [-0.1, -0.05) is 66.7 Å². The summed E-state index contributed by atoms with van der Waals surface area (Å²) < 4.78 is 11.9. The molecule has 6 rings (SSSR count). The van der Waals surface area contributed by atoms with Gasteiger partial charge < -0.3 is 14.4 Å². The highest BCUT2D eigenvalue weighted by Crippen LogP contribution is 2.45. The normalized spacial score (nSPS) is 20.1. The van der Waals surface area contributed by atoms with Gasteiger partial charge in [0.25, 0.3) is 0 Å².